The second-order valence-corrected chi connectivity index (χ2v) is 6.71. The quantitative estimate of drug-likeness (QED) is 0.795. The summed E-state index contributed by atoms with van der Waals surface area (Å²) in [7, 11) is -4.03. The summed E-state index contributed by atoms with van der Waals surface area (Å²) in [6.45, 7) is 0. The number of nitrogens with zero attached hydrogens (tertiary/aromatic N) is 1. The van der Waals surface area contributed by atoms with Crippen molar-refractivity contribution >= 4 is 10.3 Å². The monoisotopic (exact) mass is 261 g/mol. The van der Waals surface area contributed by atoms with E-state index in [0.29, 0.717) is 0 Å². The van der Waals surface area contributed by atoms with Crippen LogP contribution >= 0.6 is 0 Å². The van der Waals surface area contributed by atoms with Gasteiger partial charge >= 0.3 is 10.3 Å². The fourth-order valence-corrected chi connectivity index (χ4v) is 4.52. The SMILES string of the molecule is O=S(=O)(O)N(C1CCCCC1)C1CCCCC1. The third-order valence-electron chi connectivity index (χ3n) is 4.14. The summed E-state index contributed by atoms with van der Waals surface area (Å²) in [5.74, 6) is 0. The molecular formula is C12H23NO3S. The minimum absolute atomic E-state index is 0.0434. The van der Waals surface area contributed by atoms with Gasteiger partial charge in [0.15, 0.2) is 0 Å². The summed E-state index contributed by atoms with van der Waals surface area (Å²) in [4.78, 5) is 0. The van der Waals surface area contributed by atoms with Crippen LogP contribution in [-0.4, -0.2) is 29.4 Å². The molecule has 100 valence electrons. The second kappa shape index (κ2) is 5.67. The van der Waals surface area contributed by atoms with Crippen LogP contribution in [0.4, 0.5) is 0 Å². The molecule has 2 aliphatic rings. The first-order chi connectivity index (χ1) is 8.09. The van der Waals surface area contributed by atoms with Crippen molar-refractivity contribution in [1.29, 1.82) is 0 Å². The van der Waals surface area contributed by atoms with Gasteiger partial charge in [0.2, 0.25) is 0 Å². The molecule has 0 aliphatic heterocycles. The van der Waals surface area contributed by atoms with E-state index < -0.39 is 10.3 Å². The predicted octanol–water partition coefficient (Wildman–Crippen LogP) is 2.76. The Hall–Kier alpha value is -0.130. The van der Waals surface area contributed by atoms with Gasteiger partial charge in [0, 0.05) is 12.1 Å². The third kappa shape index (κ3) is 3.42. The van der Waals surface area contributed by atoms with Crippen molar-refractivity contribution in [2.45, 2.75) is 76.3 Å². The predicted molar refractivity (Wildman–Crippen MR) is 67.1 cm³/mol. The molecule has 17 heavy (non-hydrogen) atoms. The molecule has 5 heteroatoms. The molecule has 0 radical (unpaired) electrons. The zero-order valence-corrected chi connectivity index (χ0v) is 11.2. The van der Waals surface area contributed by atoms with E-state index in [1.165, 1.54) is 17.1 Å². The summed E-state index contributed by atoms with van der Waals surface area (Å²) < 4.78 is 34.1. The van der Waals surface area contributed by atoms with E-state index >= 15 is 0 Å². The van der Waals surface area contributed by atoms with E-state index in [2.05, 4.69) is 0 Å². The smallest absolute Gasteiger partial charge is 0.273 e. The largest absolute Gasteiger partial charge is 0.336 e. The lowest BCUT2D eigenvalue weighted by atomic mass is 9.91. The first-order valence-electron chi connectivity index (χ1n) is 6.85. The fourth-order valence-electron chi connectivity index (χ4n) is 3.35. The topological polar surface area (TPSA) is 57.6 Å². The molecule has 2 aliphatic carbocycles. The molecule has 2 rings (SSSR count). The highest BCUT2D eigenvalue weighted by Crippen LogP contribution is 2.31. The molecule has 4 nitrogen and oxygen atoms in total. The van der Waals surface area contributed by atoms with Crippen molar-refractivity contribution in [1.82, 2.24) is 4.31 Å². The molecule has 0 atom stereocenters. The minimum atomic E-state index is -4.03. The van der Waals surface area contributed by atoms with Crippen molar-refractivity contribution in [3.63, 3.8) is 0 Å². The van der Waals surface area contributed by atoms with Gasteiger partial charge in [-0.1, -0.05) is 38.5 Å². The Morgan fingerprint density at radius 3 is 1.41 bits per heavy atom. The Balaban J connectivity index is 2.11. The molecule has 2 fully saturated rings. The summed E-state index contributed by atoms with van der Waals surface area (Å²) >= 11 is 0. The van der Waals surface area contributed by atoms with Gasteiger partial charge < -0.3 is 0 Å². The molecule has 0 saturated heterocycles. The standard InChI is InChI=1S/C12H23NO3S/c14-17(15,16)13(11-7-3-1-4-8-11)12-9-5-2-6-10-12/h11-12H,1-10H2,(H,14,15,16). The molecule has 0 heterocycles. The Labute approximate surface area is 104 Å². The number of rotatable bonds is 3. The highest BCUT2D eigenvalue weighted by molar-refractivity contribution is 7.83. The zero-order chi connectivity index (χ0) is 12.3. The second-order valence-electron chi connectivity index (χ2n) is 5.39. The van der Waals surface area contributed by atoms with Crippen LogP contribution < -0.4 is 0 Å². The maximum atomic E-state index is 11.6. The average Bonchev–Trinajstić information content (AvgIpc) is 2.30. The van der Waals surface area contributed by atoms with Gasteiger partial charge in [0.05, 0.1) is 0 Å². The highest BCUT2D eigenvalue weighted by Gasteiger charge is 2.36. The van der Waals surface area contributed by atoms with E-state index in [1.807, 2.05) is 0 Å². The third-order valence-corrected chi connectivity index (χ3v) is 5.26. The Morgan fingerprint density at radius 1 is 0.765 bits per heavy atom. The van der Waals surface area contributed by atoms with Gasteiger partial charge in [-0.15, -0.1) is 0 Å². The number of hydrogen-bond acceptors (Lipinski definition) is 2. The van der Waals surface area contributed by atoms with Crippen molar-refractivity contribution in [3.8, 4) is 0 Å². The van der Waals surface area contributed by atoms with Gasteiger partial charge in [-0.25, -0.2) is 0 Å². The maximum Gasteiger partial charge on any atom is 0.336 e. The van der Waals surface area contributed by atoms with Gasteiger partial charge in [0.25, 0.3) is 0 Å². The van der Waals surface area contributed by atoms with E-state index in [4.69, 9.17) is 0 Å². The first kappa shape index (κ1) is 13.3. The normalized spacial score (nSPS) is 25.3. The summed E-state index contributed by atoms with van der Waals surface area (Å²) in [5, 5.41) is 0. The summed E-state index contributed by atoms with van der Waals surface area (Å²) in [6.07, 6.45) is 10.4. The van der Waals surface area contributed by atoms with Gasteiger partial charge in [-0.05, 0) is 25.7 Å². The molecule has 0 spiro atoms. The molecule has 2 saturated carbocycles. The Morgan fingerprint density at radius 2 is 1.12 bits per heavy atom. The average molecular weight is 261 g/mol. The van der Waals surface area contributed by atoms with Gasteiger partial charge in [0.1, 0.15) is 0 Å². The van der Waals surface area contributed by atoms with Crippen LogP contribution in [0.25, 0.3) is 0 Å². The summed E-state index contributed by atoms with van der Waals surface area (Å²) in [5.41, 5.74) is 0. The molecular weight excluding hydrogens is 238 g/mol. The maximum absolute atomic E-state index is 11.6. The van der Waals surface area contributed by atoms with E-state index in [9.17, 15) is 13.0 Å². The van der Waals surface area contributed by atoms with Crippen LogP contribution in [0.1, 0.15) is 64.2 Å². The van der Waals surface area contributed by atoms with Crippen LogP contribution in [0.3, 0.4) is 0 Å². The van der Waals surface area contributed by atoms with Crippen molar-refractivity contribution in [3.05, 3.63) is 0 Å². The molecule has 0 aromatic rings. The van der Waals surface area contributed by atoms with Crippen LogP contribution in [-0.2, 0) is 10.3 Å². The lowest BCUT2D eigenvalue weighted by Gasteiger charge is -2.38. The molecule has 0 aromatic carbocycles. The molecule has 0 aromatic heterocycles. The highest BCUT2D eigenvalue weighted by atomic mass is 32.2. The van der Waals surface area contributed by atoms with Crippen molar-refractivity contribution in [2.24, 2.45) is 0 Å². The van der Waals surface area contributed by atoms with Gasteiger partial charge in [-0.2, -0.15) is 12.7 Å². The Kier molecular flexibility index (Phi) is 4.44. The Bertz CT molecular complexity index is 312. The number of hydrogen-bond donors (Lipinski definition) is 1. The molecule has 0 bridgehead atoms. The molecule has 0 unspecified atom stereocenters. The van der Waals surface area contributed by atoms with E-state index in [0.717, 1.165) is 51.4 Å². The van der Waals surface area contributed by atoms with Crippen LogP contribution in [0.15, 0.2) is 0 Å². The lowest BCUT2D eigenvalue weighted by Crippen LogP contribution is -2.48. The van der Waals surface area contributed by atoms with Gasteiger partial charge in [-0.3, -0.25) is 4.55 Å². The van der Waals surface area contributed by atoms with Crippen molar-refractivity contribution in [2.75, 3.05) is 0 Å². The first-order valence-corrected chi connectivity index (χ1v) is 8.24. The minimum Gasteiger partial charge on any atom is -0.273 e. The van der Waals surface area contributed by atoms with Crippen LogP contribution in [0, 0.1) is 0 Å². The molecule has 0 amide bonds. The molecule has 1 N–H and O–H groups in total. The lowest BCUT2D eigenvalue weighted by molar-refractivity contribution is 0.156. The fraction of sp³-hybridized carbons (Fsp3) is 1.00. The van der Waals surface area contributed by atoms with Crippen molar-refractivity contribution < 1.29 is 13.0 Å². The van der Waals surface area contributed by atoms with E-state index in [1.54, 1.807) is 0 Å². The van der Waals surface area contributed by atoms with Crippen LogP contribution in [0.5, 0.6) is 0 Å². The summed E-state index contributed by atoms with van der Waals surface area (Å²) in [6, 6.07) is 0.0868. The van der Waals surface area contributed by atoms with Crippen LogP contribution in [0.2, 0.25) is 0 Å². The zero-order valence-electron chi connectivity index (χ0n) is 10.3. The van der Waals surface area contributed by atoms with E-state index in [-0.39, 0.29) is 12.1 Å².